The monoisotopic (exact) mass is 260 g/mol. The fourth-order valence-corrected chi connectivity index (χ4v) is 2.34. The highest BCUT2D eigenvalue weighted by atomic mass is 16.5. The van der Waals surface area contributed by atoms with Crippen molar-refractivity contribution in [1.82, 2.24) is 4.98 Å². The van der Waals surface area contributed by atoms with Crippen molar-refractivity contribution in [2.75, 3.05) is 0 Å². The van der Waals surface area contributed by atoms with Gasteiger partial charge >= 0.3 is 5.97 Å². The van der Waals surface area contributed by atoms with Crippen molar-refractivity contribution in [3.63, 3.8) is 0 Å². The van der Waals surface area contributed by atoms with E-state index < -0.39 is 5.97 Å². The second kappa shape index (κ2) is 6.30. The van der Waals surface area contributed by atoms with Gasteiger partial charge in [0.15, 0.2) is 0 Å². The van der Waals surface area contributed by atoms with Gasteiger partial charge in [0.05, 0.1) is 18.6 Å². The second-order valence-electron chi connectivity index (χ2n) is 4.75. The molecule has 1 N–H and O–H groups in total. The summed E-state index contributed by atoms with van der Waals surface area (Å²) < 4.78 is 5.76. The van der Waals surface area contributed by atoms with Crippen molar-refractivity contribution >= 4 is 5.97 Å². The molecule has 1 saturated carbocycles. The lowest BCUT2D eigenvalue weighted by molar-refractivity contribution is -0.143. The summed E-state index contributed by atoms with van der Waals surface area (Å²) in [6.07, 6.45) is 4.52. The number of aliphatic carboxylic acids is 1. The highest BCUT2D eigenvalue weighted by Gasteiger charge is 2.26. The van der Waals surface area contributed by atoms with E-state index in [9.17, 15) is 4.79 Å². The predicted molar refractivity (Wildman–Crippen MR) is 67.1 cm³/mol. The van der Waals surface area contributed by atoms with Crippen LogP contribution in [-0.2, 0) is 16.1 Å². The first-order chi connectivity index (χ1) is 9.20. The van der Waals surface area contributed by atoms with E-state index in [0.717, 1.165) is 18.4 Å². The highest BCUT2D eigenvalue weighted by molar-refractivity contribution is 5.70. The predicted octanol–water partition coefficient (Wildman–Crippen LogP) is 2.11. The third-order valence-corrected chi connectivity index (χ3v) is 3.50. The molecule has 0 saturated heterocycles. The van der Waals surface area contributed by atoms with Crippen LogP contribution in [0, 0.1) is 17.2 Å². The first-order valence-electron chi connectivity index (χ1n) is 6.39. The third kappa shape index (κ3) is 3.52. The molecule has 1 aliphatic carbocycles. The van der Waals surface area contributed by atoms with E-state index in [1.165, 1.54) is 0 Å². The second-order valence-corrected chi connectivity index (χ2v) is 4.75. The molecule has 100 valence electrons. The fraction of sp³-hybridized carbons (Fsp3) is 0.500. The molecule has 2 rings (SSSR count). The maximum atomic E-state index is 10.8. The summed E-state index contributed by atoms with van der Waals surface area (Å²) in [5, 5.41) is 17.8. The largest absolute Gasteiger partial charge is 0.481 e. The van der Waals surface area contributed by atoms with Crippen LogP contribution in [-0.4, -0.2) is 22.2 Å². The van der Waals surface area contributed by atoms with Crippen LogP contribution in [0.15, 0.2) is 18.3 Å². The minimum absolute atomic E-state index is 0.0855. The van der Waals surface area contributed by atoms with Gasteiger partial charge in [-0.05, 0) is 31.7 Å². The number of nitrogens with zero attached hydrogens (tertiary/aromatic N) is 2. The molecule has 0 spiro atoms. The summed E-state index contributed by atoms with van der Waals surface area (Å²) >= 11 is 0. The Morgan fingerprint density at radius 2 is 2.21 bits per heavy atom. The van der Waals surface area contributed by atoms with Crippen LogP contribution in [0.2, 0.25) is 0 Å². The van der Waals surface area contributed by atoms with Gasteiger partial charge < -0.3 is 9.84 Å². The quantitative estimate of drug-likeness (QED) is 0.896. The van der Waals surface area contributed by atoms with E-state index >= 15 is 0 Å². The van der Waals surface area contributed by atoms with Crippen molar-refractivity contribution in [1.29, 1.82) is 5.26 Å². The van der Waals surface area contributed by atoms with E-state index in [2.05, 4.69) is 4.98 Å². The number of carboxylic acids is 1. The number of aromatic nitrogens is 1. The molecule has 0 unspecified atom stereocenters. The molecular weight excluding hydrogens is 244 g/mol. The Morgan fingerprint density at radius 1 is 1.47 bits per heavy atom. The lowest BCUT2D eigenvalue weighted by Crippen LogP contribution is -2.26. The molecule has 0 aliphatic heterocycles. The summed E-state index contributed by atoms with van der Waals surface area (Å²) in [7, 11) is 0. The van der Waals surface area contributed by atoms with Gasteiger partial charge in [0.1, 0.15) is 11.8 Å². The lowest BCUT2D eigenvalue weighted by Gasteiger charge is -2.26. The molecule has 1 aliphatic rings. The van der Waals surface area contributed by atoms with Crippen LogP contribution in [0.3, 0.4) is 0 Å². The van der Waals surface area contributed by atoms with E-state index in [4.69, 9.17) is 15.1 Å². The number of carbonyl (C=O) groups is 1. The van der Waals surface area contributed by atoms with E-state index in [1.807, 2.05) is 12.1 Å². The molecule has 1 heterocycles. The standard InChI is InChI=1S/C14H16N2O3/c15-8-13-11(2-1-7-16-13)9-19-12-5-3-10(4-6-12)14(17)18/h1-2,7,10,12H,3-6,9H2,(H,17,18). The number of pyridine rings is 1. The SMILES string of the molecule is N#Cc1ncccc1COC1CCC(C(=O)O)CC1. The summed E-state index contributed by atoms with van der Waals surface area (Å²) in [6, 6.07) is 5.64. The van der Waals surface area contributed by atoms with Crippen LogP contribution >= 0.6 is 0 Å². The fourth-order valence-electron chi connectivity index (χ4n) is 2.34. The summed E-state index contributed by atoms with van der Waals surface area (Å²) in [5.41, 5.74) is 1.17. The average Bonchev–Trinajstić information content (AvgIpc) is 2.45. The van der Waals surface area contributed by atoms with Gasteiger partial charge in [-0.25, -0.2) is 4.98 Å². The van der Waals surface area contributed by atoms with Crippen molar-refractivity contribution in [3.05, 3.63) is 29.6 Å². The summed E-state index contributed by atoms with van der Waals surface area (Å²) in [6.45, 7) is 0.360. The van der Waals surface area contributed by atoms with Gasteiger partial charge in [0.25, 0.3) is 0 Å². The van der Waals surface area contributed by atoms with Gasteiger partial charge in [0, 0.05) is 11.8 Å². The molecule has 1 aromatic rings. The van der Waals surface area contributed by atoms with E-state index in [-0.39, 0.29) is 12.0 Å². The van der Waals surface area contributed by atoms with Crippen molar-refractivity contribution in [3.8, 4) is 6.07 Å². The zero-order valence-electron chi connectivity index (χ0n) is 10.6. The van der Waals surface area contributed by atoms with Gasteiger partial charge in [-0.15, -0.1) is 0 Å². The lowest BCUT2D eigenvalue weighted by atomic mass is 9.87. The molecular formula is C14H16N2O3. The normalized spacial score (nSPS) is 22.7. The van der Waals surface area contributed by atoms with Crippen LogP contribution < -0.4 is 0 Å². The first-order valence-corrected chi connectivity index (χ1v) is 6.39. The number of rotatable bonds is 4. The van der Waals surface area contributed by atoms with Crippen molar-refractivity contribution < 1.29 is 14.6 Å². The number of hydrogen-bond acceptors (Lipinski definition) is 4. The third-order valence-electron chi connectivity index (χ3n) is 3.50. The Kier molecular flexibility index (Phi) is 4.48. The average molecular weight is 260 g/mol. The van der Waals surface area contributed by atoms with Gasteiger partial charge in [0.2, 0.25) is 0 Å². The zero-order chi connectivity index (χ0) is 13.7. The summed E-state index contributed by atoms with van der Waals surface area (Å²) in [4.78, 5) is 14.8. The molecule has 0 atom stereocenters. The van der Waals surface area contributed by atoms with Crippen LogP contribution in [0.25, 0.3) is 0 Å². The Labute approximate surface area is 111 Å². The maximum Gasteiger partial charge on any atom is 0.306 e. The maximum absolute atomic E-state index is 10.8. The highest BCUT2D eigenvalue weighted by Crippen LogP contribution is 2.27. The van der Waals surface area contributed by atoms with E-state index in [0.29, 0.717) is 25.1 Å². The molecule has 0 bridgehead atoms. The van der Waals surface area contributed by atoms with Crippen molar-refractivity contribution in [2.45, 2.75) is 38.4 Å². The van der Waals surface area contributed by atoms with Crippen LogP contribution in [0.5, 0.6) is 0 Å². The Morgan fingerprint density at radius 3 is 2.84 bits per heavy atom. The minimum Gasteiger partial charge on any atom is -0.481 e. The van der Waals surface area contributed by atoms with Gasteiger partial charge in [-0.3, -0.25) is 4.79 Å². The Hall–Kier alpha value is -1.93. The number of ether oxygens (including phenoxy) is 1. The summed E-state index contributed by atoms with van der Waals surface area (Å²) in [5.74, 6) is -0.939. The molecule has 1 fully saturated rings. The molecule has 19 heavy (non-hydrogen) atoms. The van der Waals surface area contributed by atoms with Gasteiger partial charge in [-0.1, -0.05) is 6.07 Å². The first kappa shape index (κ1) is 13.5. The number of carboxylic acid groups (broad SMARTS) is 1. The molecule has 0 amide bonds. The Balaban J connectivity index is 1.84. The molecule has 5 nitrogen and oxygen atoms in total. The molecule has 0 radical (unpaired) electrons. The van der Waals surface area contributed by atoms with Crippen LogP contribution in [0.1, 0.15) is 36.9 Å². The van der Waals surface area contributed by atoms with E-state index in [1.54, 1.807) is 12.3 Å². The topological polar surface area (TPSA) is 83.2 Å². The smallest absolute Gasteiger partial charge is 0.306 e. The minimum atomic E-state index is -0.711. The molecule has 1 aromatic heterocycles. The van der Waals surface area contributed by atoms with Gasteiger partial charge in [-0.2, -0.15) is 5.26 Å². The zero-order valence-corrected chi connectivity index (χ0v) is 10.6. The molecule has 5 heteroatoms. The van der Waals surface area contributed by atoms with Crippen molar-refractivity contribution in [2.24, 2.45) is 5.92 Å². The van der Waals surface area contributed by atoms with Crippen LogP contribution in [0.4, 0.5) is 0 Å². The molecule has 0 aromatic carbocycles. The number of nitriles is 1. The number of hydrogen-bond donors (Lipinski definition) is 1. The Bertz CT molecular complexity index is 488.